The maximum Gasteiger partial charge on any atom is 0.0331 e. The average molecular weight is 346 g/mol. The van der Waals surface area contributed by atoms with Gasteiger partial charge in [0.25, 0.3) is 0 Å². The number of nitrogens with one attached hydrogen (secondary N) is 1. The van der Waals surface area contributed by atoms with Gasteiger partial charge >= 0.3 is 0 Å². The monoisotopic (exact) mass is 345 g/mol. The van der Waals surface area contributed by atoms with Gasteiger partial charge in [-0.1, -0.05) is 70.9 Å². The zero-order chi connectivity index (χ0) is 15.1. The van der Waals surface area contributed by atoms with Crippen molar-refractivity contribution in [2.45, 2.75) is 39.2 Å². The van der Waals surface area contributed by atoms with Gasteiger partial charge in [0, 0.05) is 10.5 Å². The van der Waals surface area contributed by atoms with Gasteiger partial charge < -0.3 is 5.32 Å². The van der Waals surface area contributed by atoms with Gasteiger partial charge in [-0.05, 0) is 49.9 Å². The first-order valence-electron chi connectivity index (χ1n) is 7.74. The van der Waals surface area contributed by atoms with Gasteiger partial charge in [-0.25, -0.2) is 0 Å². The second-order valence-electron chi connectivity index (χ2n) is 5.51. The molecule has 0 aliphatic carbocycles. The molecule has 2 aromatic carbocycles. The largest absolute Gasteiger partial charge is 0.310 e. The van der Waals surface area contributed by atoms with Crippen LogP contribution in [0.15, 0.2) is 53.0 Å². The fourth-order valence-corrected chi connectivity index (χ4v) is 3.22. The fourth-order valence-electron chi connectivity index (χ4n) is 2.70. The first kappa shape index (κ1) is 16.3. The van der Waals surface area contributed by atoms with Crippen molar-refractivity contribution in [1.29, 1.82) is 0 Å². The number of aryl methyl sites for hydroxylation is 2. The van der Waals surface area contributed by atoms with Crippen LogP contribution in [0.4, 0.5) is 0 Å². The molecule has 0 aliphatic heterocycles. The number of hydrogen-bond donors (Lipinski definition) is 1. The third kappa shape index (κ3) is 4.98. The van der Waals surface area contributed by atoms with E-state index in [2.05, 4.69) is 83.6 Å². The normalized spacial score (nSPS) is 12.3. The van der Waals surface area contributed by atoms with Crippen LogP contribution in [0, 0.1) is 6.92 Å². The Labute approximate surface area is 136 Å². The number of benzene rings is 2. The van der Waals surface area contributed by atoms with E-state index in [0.29, 0.717) is 6.04 Å². The first-order valence-corrected chi connectivity index (χ1v) is 8.53. The highest BCUT2D eigenvalue weighted by atomic mass is 79.9. The first-order chi connectivity index (χ1) is 10.2. The van der Waals surface area contributed by atoms with E-state index in [4.69, 9.17) is 0 Å². The van der Waals surface area contributed by atoms with E-state index in [9.17, 15) is 0 Å². The highest BCUT2D eigenvalue weighted by Crippen LogP contribution is 2.28. The van der Waals surface area contributed by atoms with Gasteiger partial charge in [-0.3, -0.25) is 0 Å². The van der Waals surface area contributed by atoms with Gasteiger partial charge in [0.15, 0.2) is 0 Å². The Balaban J connectivity index is 2.00. The molecule has 0 bridgehead atoms. The Kier molecular flexibility index (Phi) is 6.47. The predicted octanol–water partition coefficient (Wildman–Crippen LogP) is 5.43. The molecule has 2 rings (SSSR count). The SMILES string of the molecule is CCNC(CCCc1ccccc1)c1cc(C)ccc1Br. The summed E-state index contributed by atoms with van der Waals surface area (Å²) in [7, 11) is 0. The smallest absolute Gasteiger partial charge is 0.0331 e. The summed E-state index contributed by atoms with van der Waals surface area (Å²) in [5.74, 6) is 0. The Morgan fingerprint density at radius 2 is 1.86 bits per heavy atom. The lowest BCUT2D eigenvalue weighted by Gasteiger charge is -2.20. The Bertz CT molecular complexity index is 551. The lowest BCUT2D eigenvalue weighted by molar-refractivity contribution is 0.496. The Hall–Kier alpha value is -1.12. The van der Waals surface area contributed by atoms with Crippen LogP contribution < -0.4 is 5.32 Å². The minimum atomic E-state index is 0.424. The Morgan fingerprint density at radius 1 is 1.10 bits per heavy atom. The zero-order valence-electron chi connectivity index (χ0n) is 12.9. The molecule has 1 nitrogen and oxygen atoms in total. The second kappa shape index (κ2) is 8.35. The summed E-state index contributed by atoms with van der Waals surface area (Å²) in [6, 6.07) is 17.8. The van der Waals surface area contributed by atoms with E-state index in [1.807, 2.05) is 0 Å². The van der Waals surface area contributed by atoms with E-state index >= 15 is 0 Å². The molecular formula is C19H24BrN. The maximum absolute atomic E-state index is 3.70. The third-order valence-electron chi connectivity index (χ3n) is 3.78. The minimum absolute atomic E-state index is 0.424. The van der Waals surface area contributed by atoms with Crippen molar-refractivity contribution in [2.24, 2.45) is 0 Å². The molecule has 0 spiro atoms. The molecule has 0 saturated carbocycles. The van der Waals surface area contributed by atoms with Gasteiger partial charge in [0.05, 0.1) is 0 Å². The fraction of sp³-hybridized carbons (Fsp3) is 0.368. The summed E-state index contributed by atoms with van der Waals surface area (Å²) in [6.45, 7) is 5.33. The minimum Gasteiger partial charge on any atom is -0.310 e. The molecule has 0 amide bonds. The van der Waals surface area contributed by atoms with Crippen LogP contribution in [0.1, 0.15) is 42.5 Å². The summed E-state index contributed by atoms with van der Waals surface area (Å²) in [4.78, 5) is 0. The van der Waals surface area contributed by atoms with Crippen molar-refractivity contribution < 1.29 is 0 Å². The molecule has 2 heteroatoms. The summed E-state index contributed by atoms with van der Waals surface area (Å²) in [5, 5.41) is 3.62. The van der Waals surface area contributed by atoms with Crippen LogP contribution in [0.3, 0.4) is 0 Å². The van der Waals surface area contributed by atoms with E-state index in [1.54, 1.807) is 0 Å². The van der Waals surface area contributed by atoms with Crippen molar-refractivity contribution in [3.63, 3.8) is 0 Å². The molecule has 0 fully saturated rings. The standard InChI is InChI=1S/C19H24BrN/c1-3-21-19(17-14-15(2)12-13-18(17)20)11-7-10-16-8-5-4-6-9-16/h4-6,8-9,12-14,19,21H,3,7,10-11H2,1-2H3. The molecule has 1 N–H and O–H groups in total. The molecule has 1 atom stereocenters. The van der Waals surface area contributed by atoms with Crippen LogP contribution in [0.5, 0.6) is 0 Å². The quantitative estimate of drug-likeness (QED) is 0.705. The topological polar surface area (TPSA) is 12.0 Å². The molecule has 0 saturated heterocycles. The van der Waals surface area contributed by atoms with Crippen molar-refractivity contribution in [2.75, 3.05) is 6.54 Å². The molecule has 2 aromatic rings. The molecule has 0 aliphatic rings. The highest BCUT2D eigenvalue weighted by Gasteiger charge is 2.13. The van der Waals surface area contributed by atoms with E-state index < -0.39 is 0 Å². The second-order valence-corrected chi connectivity index (χ2v) is 6.37. The lowest BCUT2D eigenvalue weighted by atomic mass is 9.98. The van der Waals surface area contributed by atoms with E-state index in [-0.39, 0.29) is 0 Å². The van der Waals surface area contributed by atoms with Gasteiger partial charge in [0.2, 0.25) is 0 Å². The highest BCUT2D eigenvalue weighted by molar-refractivity contribution is 9.10. The van der Waals surface area contributed by atoms with Crippen LogP contribution in [0.2, 0.25) is 0 Å². The van der Waals surface area contributed by atoms with E-state index in [1.165, 1.54) is 27.6 Å². The molecule has 0 radical (unpaired) electrons. The van der Waals surface area contributed by atoms with Crippen molar-refractivity contribution in [3.8, 4) is 0 Å². The van der Waals surface area contributed by atoms with Gasteiger partial charge in [-0.2, -0.15) is 0 Å². The summed E-state index contributed by atoms with van der Waals surface area (Å²) < 4.78 is 1.21. The molecule has 0 heterocycles. The average Bonchev–Trinajstić information content (AvgIpc) is 2.50. The Morgan fingerprint density at radius 3 is 2.57 bits per heavy atom. The van der Waals surface area contributed by atoms with Crippen LogP contribution in [-0.4, -0.2) is 6.54 Å². The van der Waals surface area contributed by atoms with Crippen molar-refractivity contribution in [3.05, 3.63) is 69.7 Å². The zero-order valence-corrected chi connectivity index (χ0v) is 14.5. The van der Waals surface area contributed by atoms with Crippen molar-refractivity contribution >= 4 is 15.9 Å². The third-order valence-corrected chi connectivity index (χ3v) is 4.50. The van der Waals surface area contributed by atoms with Gasteiger partial charge in [-0.15, -0.1) is 0 Å². The van der Waals surface area contributed by atoms with Gasteiger partial charge in [0.1, 0.15) is 0 Å². The van der Waals surface area contributed by atoms with Crippen LogP contribution >= 0.6 is 15.9 Å². The summed E-state index contributed by atoms with van der Waals surface area (Å²) in [5.41, 5.74) is 4.13. The molecule has 21 heavy (non-hydrogen) atoms. The van der Waals surface area contributed by atoms with Crippen LogP contribution in [0.25, 0.3) is 0 Å². The molecule has 0 aromatic heterocycles. The van der Waals surface area contributed by atoms with Crippen molar-refractivity contribution in [1.82, 2.24) is 5.32 Å². The van der Waals surface area contributed by atoms with Crippen LogP contribution in [-0.2, 0) is 6.42 Å². The molecule has 112 valence electrons. The lowest BCUT2D eigenvalue weighted by Crippen LogP contribution is -2.21. The molecule has 1 unspecified atom stereocenters. The van der Waals surface area contributed by atoms with E-state index in [0.717, 1.165) is 19.4 Å². The molecular weight excluding hydrogens is 322 g/mol. The summed E-state index contributed by atoms with van der Waals surface area (Å²) in [6.07, 6.45) is 3.50. The maximum atomic E-state index is 3.70. The number of halogens is 1. The predicted molar refractivity (Wildman–Crippen MR) is 94.7 cm³/mol. The number of rotatable bonds is 7. The number of hydrogen-bond acceptors (Lipinski definition) is 1. The summed E-state index contributed by atoms with van der Waals surface area (Å²) >= 11 is 3.70.